The summed E-state index contributed by atoms with van der Waals surface area (Å²) in [6.45, 7) is 1.37. The smallest absolute Gasteiger partial charge is 0.225 e. The van der Waals surface area contributed by atoms with Gasteiger partial charge >= 0.3 is 0 Å². The van der Waals surface area contributed by atoms with E-state index in [2.05, 4.69) is 10.6 Å². The van der Waals surface area contributed by atoms with E-state index in [9.17, 15) is 9.59 Å². The molecular weight excluding hydrogens is 208 g/mol. The normalized spacial score (nSPS) is 19.6. The zero-order valence-corrected chi connectivity index (χ0v) is 9.50. The van der Waals surface area contributed by atoms with Crippen molar-refractivity contribution < 1.29 is 14.7 Å². The number of rotatable bonds is 7. The Hall–Kier alpha value is -1.10. The Labute approximate surface area is 95.6 Å². The number of carbonyl (C=O) groups excluding carboxylic acids is 2. The fourth-order valence-corrected chi connectivity index (χ4v) is 1.74. The lowest BCUT2D eigenvalue weighted by molar-refractivity contribution is -0.126. The quantitative estimate of drug-likeness (QED) is 0.528. The predicted octanol–water partition coefficient (Wildman–Crippen LogP) is -0.209. The van der Waals surface area contributed by atoms with E-state index in [1.807, 2.05) is 0 Å². The summed E-state index contributed by atoms with van der Waals surface area (Å²) in [6.07, 6.45) is 4.09. The number of nitrogens with one attached hydrogen (secondary N) is 2. The van der Waals surface area contributed by atoms with E-state index in [4.69, 9.17) is 5.11 Å². The summed E-state index contributed by atoms with van der Waals surface area (Å²) in [5.41, 5.74) is 0. The van der Waals surface area contributed by atoms with Gasteiger partial charge in [-0.3, -0.25) is 9.59 Å². The van der Waals surface area contributed by atoms with Gasteiger partial charge in [0, 0.05) is 26.1 Å². The number of amides is 2. The van der Waals surface area contributed by atoms with Crippen LogP contribution < -0.4 is 10.6 Å². The van der Waals surface area contributed by atoms with Crippen LogP contribution >= 0.6 is 0 Å². The Morgan fingerprint density at radius 1 is 1.38 bits per heavy atom. The molecule has 0 aromatic rings. The van der Waals surface area contributed by atoms with E-state index in [1.165, 1.54) is 0 Å². The van der Waals surface area contributed by atoms with Crippen molar-refractivity contribution in [1.82, 2.24) is 10.6 Å². The highest BCUT2D eigenvalue weighted by atomic mass is 16.3. The average Bonchev–Trinajstić information content (AvgIpc) is 2.70. The Bertz CT molecular complexity index is 243. The Kier molecular flexibility index (Phi) is 5.85. The minimum Gasteiger partial charge on any atom is -0.396 e. The molecule has 0 radical (unpaired) electrons. The molecule has 92 valence electrons. The SMILES string of the molecule is O=C1CC(C(=O)NCCCCCCO)CN1. The fourth-order valence-electron chi connectivity index (χ4n) is 1.74. The van der Waals surface area contributed by atoms with Gasteiger partial charge in [0.15, 0.2) is 0 Å². The summed E-state index contributed by atoms with van der Waals surface area (Å²) in [5.74, 6) is -0.256. The average molecular weight is 228 g/mol. The Morgan fingerprint density at radius 3 is 2.75 bits per heavy atom. The standard InChI is InChI=1S/C11H20N2O3/c14-6-4-2-1-3-5-12-11(16)9-7-10(15)13-8-9/h9,14H,1-8H2,(H,12,16)(H,13,15). The molecule has 16 heavy (non-hydrogen) atoms. The highest BCUT2D eigenvalue weighted by Gasteiger charge is 2.27. The third-order valence-electron chi connectivity index (χ3n) is 2.73. The lowest BCUT2D eigenvalue weighted by atomic mass is 10.1. The van der Waals surface area contributed by atoms with Gasteiger partial charge in [0.25, 0.3) is 0 Å². The summed E-state index contributed by atoms with van der Waals surface area (Å²) < 4.78 is 0. The van der Waals surface area contributed by atoms with Crippen LogP contribution in [0.4, 0.5) is 0 Å². The van der Waals surface area contributed by atoms with Crippen molar-refractivity contribution in [3.8, 4) is 0 Å². The second-order valence-electron chi connectivity index (χ2n) is 4.13. The first-order valence-corrected chi connectivity index (χ1v) is 5.89. The van der Waals surface area contributed by atoms with Crippen molar-refractivity contribution in [3.05, 3.63) is 0 Å². The van der Waals surface area contributed by atoms with E-state index >= 15 is 0 Å². The van der Waals surface area contributed by atoms with Crippen LogP contribution in [-0.2, 0) is 9.59 Å². The van der Waals surface area contributed by atoms with E-state index in [1.54, 1.807) is 0 Å². The minimum atomic E-state index is -0.190. The first-order chi connectivity index (χ1) is 7.74. The fraction of sp³-hybridized carbons (Fsp3) is 0.818. The van der Waals surface area contributed by atoms with Crippen LogP contribution in [0, 0.1) is 5.92 Å². The monoisotopic (exact) mass is 228 g/mol. The van der Waals surface area contributed by atoms with E-state index in [0.717, 1.165) is 25.7 Å². The number of aliphatic hydroxyl groups excluding tert-OH is 1. The van der Waals surface area contributed by atoms with Crippen molar-refractivity contribution in [2.45, 2.75) is 32.1 Å². The minimum absolute atomic E-state index is 0.0273. The molecule has 0 aliphatic carbocycles. The molecule has 0 spiro atoms. The van der Waals surface area contributed by atoms with Gasteiger partial charge in [-0.2, -0.15) is 0 Å². The Balaban J connectivity index is 2.00. The molecule has 1 unspecified atom stereocenters. The number of unbranched alkanes of at least 4 members (excludes halogenated alkanes) is 3. The van der Waals surface area contributed by atoms with Crippen molar-refractivity contribution in [1.29, 1.82) is 0 Å². The van der Waals surface area contributed by atoms with Gasteiger partial charge < -0.3 is 15.7 Å². The first-order valence-electron chi connectivity index (χ1n) is 5.89. The maximum absolute atomic E-state index is 11.5. The Morgan fingerprint density at radius 2 is 2.12 bits per heavy atom. The van der Waals surface area contributed by atoms with Crippen LogP contribution in [0.1, 0.15) is 32.1 Å². The number of hydrogen-bond donors (Lipinski definition) is 3. The predicted molar refractivity (Wildman–Crippen MR) is 59.7 cm³/mol. The molecule has 1 aliphatic heterocycles. The molecule has 1 rings (SSSR count). The van der Waals surface area contributed by atoms with Crippen molar-refractivity contribution in [2.75, 3.05) is 19.7 Å². The van der Waals surface area contributed by atoms with Gasteiger partial charge in [-0.15, -0.1) is 0 Å². The van der Waals surface area contributed by atoms with Crippen molar-refractivity contribution >= 4 is 11.8 Å². The largest absolute Gasteiger partial charge is 0.396 e. The third-order valence-corrected chi connectivity index (χ3v) is 2.73. The van der Waals surface area contributed by atoms with E-state index in [0.29, 0.717) is 19.5 Å². The van der Waals surface area contributed by atoms with Gasteiger partial charge in [-0.1, -0.05) is 12.8 Å². The molecule has 1 aliphatic rings. The third kappa shape index (κ3) is 4.61. The molecule has 3 N–H and O–H groups in total. The van der Waals surface area contributed by atoms with Crippen molar-refractivity contribution in [3.63, 3.8) is 0 Å². The summed E-state index contributed by atoms with van der Waals surface area (Å²) in [5, 5.41) is 14.0. The summed E-state index contributed by atoms with van der Waals surface area (Å²) >= 11 is 0. The molecule has 1 saturated heterocycles. The van der Waals surface area contributed by atoms with Gasteiger partial charge in [0.1, 0.15) is 0 Å². The van der Waals surface area contributed by atoms with E-state index < -0.39 is 0 Å². The van der Waals surface area contributed by atoms with Gasteiger partial charge in [0.2, 0.25) is 11.8 Å². The number of hydrogen-bond acceptors (Lipinski definition) is 3. The van der Waals surface area contributed by atoms with Gasteiger partial charge in [-0.05, 0) is 12.8 Å². The molecule has 1 fully saturated rings. The molecular formula is C11H20N2O3. The van der Waals surface area contributed by atoms with Crippen LogP contribution in [0.2, 0.25) is 0 Å². The molecule has 1 atom stereocenters. The zero-order chi connectivity index (χ0) is 11.8. The van der Waals surface area contributed by atoms with Crippen LogP contribution in [0.25, 0.3) is 0 Å². The zero-order valence-electron chi connectivity index (χ0n) is 9.50. The van der Waals surface area contributed by atoms with Crippen LogP contribution in [0.5, 0.6) is 0 Å². The second-order valence-corrected chi connectivity index (χ2v) is 4.13. The molecule has 0 aromatic heterocycles. The van der Waals surface area contributed by atoms with Gasteiger partial charge in [-0.25, -0.2) is 0 Å². The molecule has 0 saturated carbocycles. The summed E-state index contributed by atoms with van der Waals surface area (Å²) in [6, 6.07) is 0. The molecule has 0 aromatic carbocycles. The van der Waals surface area contributed by atoms with E-state index in [-0.39, 0.29) is 24.3 Å². The summed E-state index contributed by atoms with van der Waals surface area (Å²) in [7, 11) is 0. The second kappa shape index (κ2) is 7.22. The van der Waals surface area contributed by atoms with Crippen molar-refractivity contribution in [2.24, 2.45) is 5.92 Å². The lowest BCUT2D eigenvalue weighted by Gasteiger charge is -2.08. The lowest BCUT2D eigenvalue weighted by Crippen LogP contribution is -2.32. The van der Waals surface area contributed by atoms with Crippen LogP contribution in [0.3, 0.4) is 0 Å². The first kappa shape index (κ1) is 13.0. The molecule has 5 heteroatoms. The van der Waals surface area contributed by atoms with Crippen LogP contribution in [-0.4, -0.2) is 36.6 Å². The van der Waals surface area contributed by atoms with Gasteiger partial charge in [0.05, 0.1) is 5.92 Å². The highest BCUT2D eigenvalue weighted by Crippen LogP contribution is 2.08. The molecule has 1 heterocycles. The molecule has 0 bridgehead atoms. The highest BCUT2D eigenvalue weighted by molar-refractivity contribution is 5.89. The maximum atomic E-state index is 11.5. The number of aliphatic hydroxyl groups is 1. The maximum Gasteiger partial charge on any atom is 0.225 e. The topological polar surface area (TPSA) is 78.4 Å². The summed E-state index contributed by atoms with van der Waals surface area (Å²) in [4.78, 5) is 22.4. The molecule has 5 nitrogen and oxygen atoms in total. The molecule has 2 amide bonds. The van der Waals surface area contributed by atoms with Crippen LogP contribution in [0.15, 0.2) is 0 Å². The number of carbonyl (C=O) groups is 2.